The highest BCUT2D eigenvalue weighted by atomic mass is 16.6. The first-order valence-electron chi connectivity index (χ1n) is 6.06. The molecule has 2 amide bonds. The van der Waals surface area contributed by atoms with Crippen molar-refractivity contribution in [2.24, 2.45) is 5.73 Å². The van der Waals surface area contributed by atoms with Crippen LogP contribution in [0.5, 0.6) is 0 Å². The Morgan fingerprint density at radius 2 is 1.71 bits per heavy atom. The van der Waals surface area contributed by atoms with Gasteiger partial charge >= 0.3 is 6.09 Å². The fourth-order valence-electron chi connectivity index (χ4n) is 1.73. The molecule has 1 unspecified atom stereocenters. The van der Waals surface area contributed by atoms with E-state index in [0.29, 0.717) is 39.2 Å². The van der Waals surface area contributed by atoms with Crippen molar-refractivity contribution in [3.63, 3.8) is 0 Å². The summed E-state index contributed by atoms with van der Waals surface area (Å²) in [6.07, 6.45) is 0.330. The summed E-state index contributed by atoms with van der Waals surface area (Å²) in [7, 11) is 0. The van der Waals surface area contributed by atoms with Gasteiger partial charge in [-0.3, -0.25) is 4.79 Å². The first kappa shape index (κ1) is 13.8. The van der Waals surface area contributed by atoms with Crippen LogP contribution in [0.4, 0.5) is 4.79 Å². The smallest absolute Gasteiger partial charge is 0.409 e. The summed E-state index contributed by atoms with van der Waals surface area (Å²) in [5, 5.41) is 0. The van der Waals surface area contributed by atoms with E-state index in [2.05, 4.69) is 0 Å². The fourth-order valence-corrected chi connectivity index (χ4v) is 1.73. The summed E-state index contributed by atoms with van der Waals surface area (Å²) in [6, 6.07) is -0.427. The highest BCUT2D eigenvalue weighted by molar-refractivity contribution is 5.81. The first-order valence-corrected chi connectivity index (χ1v) is 6.06. The van der Waals surface area contributed by atoms with Crippen LogP contribution in [-0.4, -0.2) is 60.6 Å². The van der Waals surface area contributed by atoms with E-state index in [9.17, 15) is 9.59 Å². The van der Waals surface area contributed by atoms with E-state index in [0.717, 1.165) is 0 Å². The summed E-state index contributed by atoms with van der Waals surface area (Å²) in [4.78, 5) is 26.6. The maximum atomic E-state index is 11.8. The van der Waals surface area contributed by atoms with Gasteiger partial charge in [0, 0.05) is 26.2 Å². The molecule has 0 saturated carbocycles. The van der Waals surface area contributed by atoms with Crippen molar-refractivity contribution in [3.8, 4) is 0 Å². The molecule has 0 radical (unpaired) electrons. The predicted octanol–water partition coefficient (Wildman–Crippen LogP) is 0.0244. The first-order chi connectivity index (χ1) is 8.10. The molecule has 6 heteroatoms. The van der Waals surface area contributed by atoms with Gasteiger partial charge in [0.1, 0.15) is 0 Å². The standard InChI is InChI=1S/C11H21N3O3/c1-3-9(12)10(15)13-5-7-14(8-6-13)11(16)17-4-2/h9H,3-8,12H2,1-2H3. The van der Waals surface area contributed by atoms with E-state index in [1.165, 1.54) is 0 Å². The van der Waals surface area contributed by atoms with Gasteiger partial charge in [-0.1, -0.05) is 6.92 Å². The molecule has 0 aliphatic carbocycles. The van der Waals surface area contributed by atoms with E-state index in [-0.39, 0.29) is 12.0 Å². The van der Waals surface area contributed by atoms with Crippen molar-refractivity contribution in [2.45, 2.75) is 26.3 Å². The summed E-state index contributed by atoms with van der Waals surface area (Å²) in [6.45, 7) is 6.13. The number of hydrogen-bond donors (Lipinski definition) is 1. The van der Waals surface area contributed by atoms with E-state index in [1.807, 2.05) is 6.92 Å². The molecule has 1 rings (SSSR count). The number of carbonyl (C=O) groups is 2. The van der Waals surface area contributed by atoms with Crippen molar-refractivity contribution in [1.82, 2.24) is 9.80 Å². The molecule has 17 heavy (non-hydrogen) atoms. The minimum absolute atomic E-state index is 0.0315. The highest BCUT2D eigenvalue weighted by Crippen LogP contribution is 2.06. The number of piperazine rings is 1. The van der Waals surface area contributed by atoms with Gasteiger partial charge < -0.3 is 20.3 Å². The van der Waals surface area contributed by atoms with E-state index < -0.39 is 6.04 Å². The van der Waals surface area contributed by atoms with Crippen LogP contribution in [0.3, 0.4) is 0 Å². The van der Waals surface area contributed by atoms with Gasteiger partial charge in [0.05, 0.1) is 12.6 Å². The van der Waals surface area contributed by atoms with E-state index >= 15 is 0 Å². The van der Waals surface area contributed by atoms with Crippen molar-refractivity contribution >= 4 is 12.0 Å². The van der Waals surface area contributed by atoms with Crippen LogP contribution in [-0.2, 0) is 9.53 Å². The molecule has 1 aliphatic heterocycles. The summed E-state index contributed by atoms with van der Waals surface area (Å²) in [5.41, 5.74) is 5.69. The molecule has 0 aromatic heterocycles. The van der Waals surface area contributed by atoms with Crippen LogP contribution in [0.1, 0.15) is 20.3 Å². The number of hydrogen-bond acceptors (Lipinski definition) is 4. The van der Waals surface area contributed by atoms with Crippen LogP contribution in [0.15, 0.2) is 0 Å². The van der Waals surface area contributed by atoms with Crippen molar-refractivity contribution in [2.75, 3.05) is 32.8 Å². The Hall–Kier alpha value is -1.30. The third-order valence-electron chi connectivity index (χ3n) is 2.87. The predicted molar refractivity (Wildman–Crippen MR) is 63.4 cm³/mol. The molecule has 0 bridgehead atoms. The number of rotatable bonds is 3. The number of ether oxygens (including phenoxy) is 1. The average molecular weight is 243 g/mol. The van der Waals surface area contributed by atoms with Gasteiger partial charge in [0.25, 0.3) is 0 Å². The zero-order valence-electron chi connectivity index (χ0n) is 10.5. The molecular weight excluding hydrogens is 222 g/mol. The van der Waals surface area contributed by atoms with Crippen LogP contribution in [0.25, 0.3) is 0 Å². The SMILES string of the molecule is CCOC(=O)N1CCN(C(=O)C(N)CC)CC1. The largest absolute Gasteiger partial charge is 0.450 e. The molecule has 1 fully saturated rings. The van der Waals surface area contributed by atoms with Crippen molar-refractivity contribution in [3.05, 3.63) is 0 Å². The second-order valence-electron chi connectivity index (χ2n) is 4.03. The van der Waals surface area contributed by atoms with Gasteiger partial charge in [0.2, 0.25) is 5.91 Å². The number of nitrogens with two attached hydrogens (primary N) is 1. The number of carbonyl (C=O) groups excluding carboxylic acids is 2. The Balaban J connectivity index is 2.40. The molecule has 0 aromatic rings. The summed E-state index contributed by atoms with van der Waals surface area (Å²) < 4.78 is 4.90. The van der Waals surface area contributed by atoms with Crippen molar-refractivity contribution < 1.29 is 14.3 Å². The van der Waals surface area contributed by atoms with Crippen LogP contribution in [0, 0.1) is 0 Å². The quantitative estimate of drug-likeness (QED) is 0.758. The monoisotopic (exact) mass is 243 g/mol. The van der Waals surface area contributed by atoms with Crippen LogP contribution >= 0.6 is 0 Å². The maximum absolute atomic E-state index is 11.8. The average Bonchev–Trinajstić information content (AvgIpc) is 2.37. The van der Waals surface area contributed by atoms with Crippen LogP contribution < -0.4 is 5.73 Å². The topological polar surface area (TPSA) is 75.9 Å². The Kier molecular flexibility index (Phi) is 5.21. The Labute approximate surface area is 102 Å². The third-order valence-corrected chi connectivity index (χ3v) is 2.87. The highest BCUT2D eigenvalue weighted by Gasteiger charge is 2.26. The Morgan fingerprint density at radius 3 is 2.18 bits per heavy atom. The second-order valence-corrected chi connectivity index (χ2v) is 4.03. The molecule has 6 nitrogen and oxygen atoms in total. The second kappa shape index (κ2) is 6.44. The summed E-state index contributed by atoms with van der Waals surface area (Å²) >= 11 is 0. The molecule has 2 N–H and O–H groups in total. The lowest BCUT2D eigenvalue weighted by Crippen LogP contribution is -2.54. The lowest BCUT2D eigenvalue weighted by atomic mass is 10.2. The molecule has 1 saturated heterocycles. The zero-order valence-corrected chi connectivity index (χ0v) is 10.5. The van der Waals surface area contributed by atoms with Gasteiger partial charge in [-0.2, -0.15) is 0 Å². The van der Waals surface area contributed by atoms with Gasteiger partial charge in [-0.15, -0.1) is 0 Å². The normalized spacial score (nSPS) is 17.8. The van der Waals surface area contributed by atoms with E-state index in [1.54, 1.807) is 16.7 Å². The molecular formula is C11H21N3O3. The Bertz CT molecular complexity index is 275. The van der Waals surface area contributed by atoms with E-state index in [4.69, 9.17) is 10.5 Å². The summed E-state index contributed by atoms with van der Waals surface area (Å²) in [5.74, 6) is -0.0315. The van der Waals surface area contributed by atoms with Gasteiger partial charge in [-0.25, -0.2) is 4.79 Å². The molecule has 0 aromatic carbocycles. The minimum Gasteiger partial charge on any atom is -0.450 e. The maximum Gasteiger partial charge on any atom is 0.409 e. The molecule has 1 atom stereocenters. The lowest BCUT2D eigenvalue weighted by molar-refractivity contribution is -0.134. The molecule has 1 aliphatic rings. The lowest BCUT2D eigenvalue weighted by Gasteiger charge is -2.35. The zero-order chi connectivity index (χ0) is 12.8. The molecule has 98 valence electrons. The number of nitrogens with zero attached hydrogens (tertiary/aromatic N) is 2. The fraction of sp³-hybridized carbons (Fsp3) is 0.818. The molecule has 1 heterocycles. The van der Waals surface area contributed by atoms with Crippen LogP contribution in [0.2, 0.25) is 0 Å². The Morgan fingerprint density at radius 1 is 1.18 bits per heavy atom. The third kappa shape index (κ3) is 3.59. The number of amides is 2. The van der Waals surface area contributed by atoms with Gasteiger partial charge in [0.15, 0.2) is 0 Å². The minimum atomic E-state index is -0.427. The van der Waals surface area contributed by atoms with Crippen molar-refractivity contribution in [1.29, 1.82) is 0 Å². The molecule has 0 spiro atoms. The van der Waals surface area contributed by atoms with Gasteiger partial charge in [-0.05, 0) is 13.3 Å².